The molecule has 0 radical (unpaired) electrons. The predicted octanol–water partition coefficient (Wildman–Crippen LogP) is 3.69. The minimum atomic E-state index is -1.69. The smallest absolute Gasteiger partial charge is 0.338 e. The highest BCUT2D eigenvalue weighted by Crippen LogP contribution is 2.37. The number of hydrogen-bond acceptors (Lipinski definition) is 5. The predicted molar refractivity (Wildman–Crippen MR) is 88.6 cm³/mol. The molecule has 0 unspecified atom stereocenters. The fourth-order valence-electron chi connectivity index (χ4n) is 2.07. The summed E-state index contributed by atoms with van der Waals surface area (Å²) in [5, 5.41) is 36.1. The van der Waals surface area contributed by atoms with Crippen molar-refractivity contribution >= 4 is 52.5 Å². The van der Waals surface area contributed by atoms with Crippen LogP contribution in [0.2, 0.25) is 15.1 Å². The average molecular weight is 406 g/mol. The number of benzene rings is 2. The SMILES string of the molecule is O=C(O)c1cc(Cl)c(C(=O)c2cc(Cl)c(O)cc2O)c(C(=O)O)c1Cl. The van der Waals surface area contributed by atoms with Gasteiger partial charge in [0.2, 0.25) is 0 Å². The van der Waals surface area contributed by atoms with Crippen molar-refractivity contribution in [1.29, 1.82) is 0 Å². The van der Waals surface area contributed by atoms with E-state index in [0.29, 0.717) is 0 Å². The zero-order chi connectivity index (χ0) is 19.0. The molecule has 0 amide bonds. The molecular weight excluding hydrogens is 399 g/mol. The van der Waals surface area contributed by atoms with E-state index in [1.807, 2.05) is 0 Å². The number of hydrogen-bond donors (Lipinski definition) is 4. The first-order valence-electron chi connectivity index (χ1n) is 6.31. The Labute approximate surface area is 154 Å². The second kappa shape index (κ2) is 6.79. The van der Waals surface area contributed by atoms with Crippen molar-refractivity contribution in [2.75, 3.05) is 0 Å². The van der Waals surface area contributed by atoms with Gasteiger partial charge in [-0.25, -0.2) is 9.59 Å². The van der Waals surface area contributed by atoms with Crippen LogP contribution in [0.5, 0.6) is 11.5 Å². The summed E-state index contributed by atoms with van der Waals surface area (Å²) in [5.74, 6) is -5.48. The third kappa shape index (κ3) is 3.34. The third-order valence-electron chi connectivity index (χ3n) is 3.20. The number of carboxylic acid groups (broad SMARTS) is 2. The molecule has 0 saturated carbocycles. The summed E-state index contributed by atoms with van der Waals surface area (Å²) in [4.78, 5) is 35.3. The van der Waals surface area contributed by atoms with Gasteiger partial charge in [0, 0.05) is 6.07 Å². The Morgan fingerprint density at radius 3 is 1.80 bits per heavy atom. The Hall–Kier alpha value is -2.48. The normalized spacial score (nSPS) is 10.5. The molecular formula is C15H7Cl3O7. The maximum atomic E-state index is 12.7. The first kappa shape index (κ1) is 18.9. The second-order valence-electron chi connectivity index (χ2n) is 4.73. The topological polar surface area (TPSA) is 132 Å². The van der Waals surface area contributed by atoms with Crippen LogP contribution in [0.3, 0.4) is 0 Å². The molecule has 0 spiro atoms. The number of carbonyl (C=O) groups excluding carboxylic acids is 1. The van der Waals surface area contributed by atoms with Crippen molar-refractivity contribution in [2.24, 2.45) is 0 Å². The highest BCUT2D eigenvalue weighted by molar-refractivity contribution is 6.42. The molecule has 2 rings (SSSR count). The fourth-order valence-corrected chi connectivity index (χ4v) is 2.84. The first-order valence-corrected chi connectivity index (χ1v) is 7.44. The Morgan fingerprint density at radius 2 is 1.28 bits per heavy atom. The van der Waals surface area contributed by atoms with E-state index in [4.69, 9.17) is 39.9 Å². The van der Waals surface area contributed by atoms with Gasteiger partial charge in [-0.3, -0.25) is 4.79 Å². The number of rotatable bonds is 4. The first-order chi connectivity index (χ1) is 11.6. The number of carboxylic acids is 2. The number of aromatic hydroxyl groups is 2. The van der Waals surface area contributed by atoms with E-state index < -0.39 is 61.5 Å². The molecule has 0 bridgehead atoms. The molecule has 4 N–H and O–H groups in total. The van der Waals surface area contributed by atoms with Crippen LogP contribution in [0, 0.1) is 0 Å². The Balaban J connectivity index is 2.81. The van der Waals surface area contributed by atoms with E-state index in [0.717, 1.165) is 18.2 Å². The maximum absolute atomic E-state index is 12.7. The van der Waals surface area contributed by atoms with E-state index in [2.05, 4.69) is 0 Å². The molecule has 0 heterocycles. The van der Waals surface area contributed by atoms with Gasteiger partial charge in [-0.2, -0.15) is 0 Å². The van der Waals surface area contributed by atoms with Crippen molar-refractivity contribution in [3.05, 3.63) is 55.5 Å². The molecule has 7 nitrogen and oxygen atoms in total. The number of ketones is 1. The largest absolute Gasteiger partial charge is 0.507 e. The van der Waals surface area contributed by atoms with Crippen LogP contribution in [0.4, 0.5) is 0 Å². The van der Waals surface area contributed by atoms with Gasteiger partial charge in [0.25, 0.3) is 0 Å². The number of carbonyl (C=O) groups is 3. The molecule has 0 aliphatic rings. The zero-order valence-corrected chi connectivity index (χ0v) is 14.1. The number of aromatic carboxylic acids is 2. The van der Waals surface area contributed by atoms with Crippen LogP contribution in [0.1, 0.15) is 36.6 Å². The van der Waals surface area contributed by atoms with Crippen LogP contribution < -0.4 is 0 Å². The lowest BCUT2D eigenvalue weighted by atomic mass is 9.95. The van der Waals surface area contributed by atoms with Crippen LogP contribution in [0.15, 0.2) is 18.2 Å². The van der Waals surface area contributed by atoms with Crippen molar-refractivity contribution < 1.29 is 34.8 Å². The molecule has 2 aromatic rings. The Kier molecular flexibility index (Phi) is 5.12. The van der Waals surface area contributed by atoms with Crippen molar-refractivity contribution in [3.63, 3.8) is 0 Å². The Morgan fingerprint density at radius 1 is 0.720 bits per heavy atom. The molecule has 130 valence electrons. The van der Waals surface area contributed by atoms with E-state index >= 15 is 0 Å². The van der Waals surface area contributed by atoms with Crippen LogP contribution in [-0.2, 0) is 0 Å². The molecule has 25 heavy (non-hydrogen) atoms. The van der Waals surface area contributed by atoms with E-state index in [1.54, 1.807) is 0 Å². The number of phenolic OH excluding ortho intramolecular Hbond substituents is 2. The van der Waals surface area contributed by atoms with Gasteiger partial charge in [-0.1, -0.05) is 34.8 Å². The highest BCUT2D eigenvalue weighted by Gasteiger charge is 2.30. The highest BCUT2D eigenvalue weighted by atomic mass is 35.5. The maximum Gasteiger partial charge on any atom is 0.338 e. The van der Waals surface area contributed by atoms with Crippen LogP contribution in [-0.4, -0.2) is 38.1 Å². The number of phenols is 2. The zero-order valence-electron chi connectivity index (χ0n) is 11.9. The fraction of sp³-hybridized carbons (Fsp3) is 0. The summed E-state index contributed by atoms with van der Waals surface area (Å²) < 4.78 is 0. The van der Waals surface area contributed by atoms with Crippen molar-refractivity contribution in [1.82, 2.24) is 0 Å². The summed E-state index contributed by atoms with van der Waals surface area (Å²) in [5.41, 5.74) is -2.51. The van der Waals surface area contributed by atoms with Gasteiger partial charge in [-0.15, -0.1) is 0 Å². The molecule has 10 heteroatoms. The molecule has 0 atom stereocenters. The van der Waals surface area contributed by atoms with E-state index in [9.17, 15) is 29.7 Å². The summed E-state index contributed by atoms with van der Waals surface area (Å²) in [6.07, 6.45) is 0. The monoisotopic (exact) mass is 404 g/mol. The lowest BCUT2D eigenvalue weighted by Gasteiger charge is -2.13. The molecule has 0 aromatic heterocycles. The molecule has 0 saturated heterocycles. The quantitative estimate of drug-likeness (QED) is 0.570. The molecule has 2 aromatic carbocycles. The standard InChI is InChI=1S/C15H7Cl3O7/c16-6-1-4(8(19)3-9(6)20)13(21)10-7(17)2-5(14(22)23)12(18)11(10)15(24)25/h1-3,19-20H,(H,22,23)(H,24,25). The van der Waals surface area contributed by atoms with Crippen LogP contribution >= 0.6 is 34.8 Å². The van der Waals surface area contributed by atoms with Gasteiger partial charge in [-0.05, 0) is 12.1 Å². The number of halogens is 3. The van der Waals surface area contributed by atoms with Gasteiger partial charge in [0.05, 0.1) is 37.3 Å². The Bertz CT molecular complexity index is 937. The van der Waals surface area contributed by atoms with Gasteiger partial charge < -0.3 is 20.4 Å². The molecule has 0 aliphatic carbocycles. The molecule has 0 fully saturated rings. The third-order valence-corrected chi connectivity index (χ3v) is 4.19. The second-order valence-corrected chi connectivity index (χ2v) is 5.92. The van der Waals surface area contributed by atoms with Crippen molar-refractivity contribution in [3.8, 4) is 11.5 Å². The summed E-state index contributed by atoms with van der Waals surface area (Å²) in [6, 6.07) is 2.53. The average Bonchev–Trinajstić information content (AvgIpc) is 2.51. The summed E-state index contributed by atoms with van der Waals surface area (Å²) in [7, 11) is 0. The lowest BCUT2D eigenvalue weighted by Crippen LogP contribution is -2.14. The van der Waals surface area contributed by atoms with Gasteiger partial charge in [0.1, 0.15) is 11.5 Å². The van der Waals surface area contributed by atoms with Gasteiger partial charge >= 0.3 is 11.9 Å². The lowest BCUT2D eigenvalue weighted by molar-refractivity contribution is 0.0693. The minimum Gasteiger partial charge on any atom is -0.507 e. The van der Waals surface area contributed by atoms with E-state index in [-0.39, 0.29) is 5.02 Å². The van der Waals surface area contributed by atoms with E-state index in [1.165, 1.54) is 0 Å². The summed E-state index contributed by atoms with van der Waals surface area (Å²) in [6.45, 7) is 0. The molecule has 0 aliphatic heterocycles. The summed E-state index contributed by atoms with van der Waals surface area (Å²) >= 11 is 17.4. The van der Waals surface area contributed by atoms with Crippen molar-refractivity contribution in [2.45, 2.75) is 0 Å². The van der Waals surface area contributed by atoms with Crippen LogP contribution in [0.25, 0.3) is 0 Å². The van der Waals surface area contributed by atoms with Gasteiger partial charge in [0.15, 0.2) is 5.78 Å². The minimum absolute atomic E-state index is 0.276.